The highest BCUT2D eigenvalue weighted by atomic mass is 19.3. The van der Waals surface area contributed by atoms with E-state index in [2.05, 4.69) is 9.47 Å². The molecule has 0 saturated heterocycles. The number of halogens is 10. The number of benzene rings is 3. The highest BCUT2D eigenvalue weighted by Crippen LogP contribution is 2.39. The molecule has 3 aromatic rings. The SMILES string of the molecule is CCCCCc1ccc(C(F)(F)Oc2cc(F)c(C(F)(F)Oc3cc(F)c(F)c(F)c3)c(F)c2)c(F)c1. The van der Waals surface area contributed by atoms with Crippen molar-refractivity contribution < 1.29 is 53.4 Å². The monoisotopic (exact) mass is 540 g/mol. The van der Waals surface area contributed by atoms with Crippen molar-refractivity contribution in [1.29, 1.82) is 0 Å². The Morgan fingerprint density at radius 1 is 0.622 bits per heavy atom. The molecule has 0 heterocycles. The van der Waals surface area contributed by atoms with E-state index in [0.717, 1.165) is 25.0 Å². The Balaban J connectivity index is 1.84. The standard InChI is InChI=1S/C25H18F10O2/c1-2-3-4-5-13-6-7-16(17(26)8-13)24(32,33)36-14-9-18(27)22(19(28)10-14)25(34,35)37-15-11-20(29)23(31)21(30)12-15/h6-12H,2-5H2,1H3. The number of unbranched alkanes of at least 4 members (excludes halogenated alkanes) is 2. The van der Waals surface area contributed by atoms with Gasteiger partial charge in [0.2, 0.25) is 0 Å². The molecule has 0 fully saturated rings. The molecule has 2 nitrogen and oxygen atoms in total. The van der Waals surface area contributed by atoms with E-state index < -0.39 is 69.7 Å². The van der Waals surface area contributed by atoms with Gasteiger partial charge in [0.05, 0.1) is 5.56 Å². The van der Waals surface area contributed by atoms with Crippen LogP contribution in [0.2, 0.25) is 0 Å². The van der Waals surface area contributed by atoms with Gasteiger partial charge >= 0.3 is 12.2 Å². The summed E-state index contributed by atoms with van der Waals surface area (Å²) in [6.07, 6.45) is -6.51. The van der Waals surface area contributed by atoms with E-state index in [1.165, 1.54) is 6.07 Å². The molecule has 0 atom stereocenters. The van der Waals surface area contributed by atoms with Crippen LogP contribution in [0.1, 0.15) is 42.9 Å². The summed E-state index contributed by atoms with van der Waals surface area (Å²) in [6, 6.07) is 2.77. The molecule has 3 rings (SSSR count). The summed E-state index contributed by atoms with van der Waals surface area (Å²) in [7, 11) is 0. The van der Waals surface area contributed by atoms with Gasteiger partial charge in [0.15, 0.2) is 17.5 Å². The van der Waals surface area contributed by atoms with Crippen LogP contribution in [-0.2, 0) is 18.6 Å². The van der Waals surface area contributed by atoms with Gasteiger partial charge in [-0.05, 0) is 30.5 Å². The lowest BCUT2D eigenvalue weighted by molar-refractivity contribution is -0.191. The van der Waals surface area contributed by atoms with Crippen molar-refractivity contribution in [3.8, 4) is 11.5 Å². The lowest BCUT2D eigenvalue weighted by atomic mass is 10.0. The molecule has 0 N–H and O–H groups in total. The predicted octanol–water partition coefficient (Wildman–Crippen LogP) is 8.51. The molecule has 37 heavy (non-hydrogen) atoms. The van der Waals surface area contributed by atoms with E-state index in [1.54, 1.807) is 0 Å². The van der Waals surface area contributed by atoms with Crippen molar-refractivity contribution in [3.63, 3.8) is 0 Å². The van der Waals surface area contributed by atoms with Gasteiger partial charge in [0.25, 0.3) is 0 Å². The second-order valence-corrected chi connectivity index (χ2v) is 7.97. The van der Waals surface area contributed by atoms with Crippen molar-refractivity contribution in [2.75, 3.05) is 0 Å². The number of rotatable bonds is 10. The summed E-state index contributed by atoms with van der Waals surface area (Å²) in [5.74, 6) is -14.0. The van der Waals surface area contributed by atoms with Crippen LogP contribution in [0.25, 0.3) is 0 Å². The van der Waals surface area contributed by atoms with Gasteiger partial charge in [0.1, 0.15) is 34.5 Å². The van der Waals surface area contributed by atoms with E-state index in [-0.39, 0.29) is 24.3 Å². The average Bonchev–Trinajstić information content (AvgIpc) is 2.76. The molecule has 0 aliphatic heterocycles. The summed E-state index contributed by atoms with van der Waals surface area (Å²) in [4.78, 5) is 0. The van der Waals surface area contributed by atoms with E-state index in [1.807, 2.05) is 6.92 Å². The van der Waals surface area contributed by atoms with Crippen molar-refractivity contribution in [2.24, 2.45) is 0 Å². The second kappa shape index (κ2) is 10.9. The molecule has 12 heteroatoms. The summed E-state index contributed by atoms with van der Waals surface area (Å²) in [6.45, 7) is 1.95. The fourth-order valence-electron chi connectivity index (χ4n) is 3.41. The Hall–Kier alpha value is -3.44. The van der Waals surface area contributed by atoms with E-state index in [0.29, 0.717) is 18.4 Å². The van der Waals surface area contributed by atoms with E-state index in [9.17, 15) is 43.9 Å². The minimum absolute atomic E-state index is 0.00376. The maximum atomic E-state index is 14.6. The topological polar surface area (TPSA) is 18.5 Å². The van der Waals surface area contributed by atoms with Crippen LogP contribution < -0.4 is 9.47 Å². The molecule has 0 unspecified atom stereocenters. The molecule has 0 amide bonds. The first kappa shape index (κ1) is 28.1. The summed E-state index contributed by atoms with van der Waals surface area (Å²) >= 11 is 0. The highest BCUT2D eigenvalue weighted by Gasteiger charge is 2.43. The molecule has 0 aliphatic rings. The van der Waals surface area contributed by atoms with Crippen LogP contribution in [0.15, 0.2) is 42.5 Å². The maximum Gasteiger partial charge on any atom is 0.432 e. The third kappa shape index (κ3) is 6.47. The average molecular weight is 540 g/mol. The fourth-order valence-corrected chi connectivity index (χ4v) is 3.41. The van der Waals surface area contributed by atoms with Crippen LogP contribution in [-0.4, -0.2) is 0 Å². The molecule has 0 bridgehead atoms. The van der Waals surface area contributed by atoms with Gasteiger partial charge in [-0.1, -0.05) is 25.8 Å². The number of alkyl halides is 4. The Morgan fingerprint density at radius 3 is 1.65 bits per heavy atom. The Labute approximate surface area is 204 Å². The van der Waals surface area contributed by atoms with Gasteiger partial charge in [-0.15, -0.1) is 0 Å². The molecule has 0 aromatic heterocycles. The molecule has 0 spiro atoms. The van der Waals surface area contributed by atoms with Crippen molar-refractivity contribution in [1.82, 2.24) is 0 Å². The van der Waals surface area contributed by atoms with Crippen LogP contribution in [0, 0.1) is 34.9 Å². The third-order valence-corrected chi connectivity index (χ3v) is 5.17. The van der Waals surface area contributed by atoms with Gasteiger partial charge in [-0.25, -0.2) is 26.3 Å². The Morgan fingerprint density at radius 2 is 1.14 bits per heavy atom. The number of ether oxygens (including phenoxy) is 2. The molecule has 200 valence electrons. The number of aryl methyl sites for hydroxylation is 1. The zero-order chi connectivity index (χ0) is 27.5. The first-order chi connectivity index (χ1) is 17.2. The Kier molecular flexibility index (Phi) is 8.28. The molecule has 3 aromatic carbocycles. The first-order valence-electron chi connectivity index (χ1n) is 10.8. The lowest BCUT2D eigenvalue weighted by Crippen LogP contribution is -2.26. The maximum absolute atomic E-state index is 14.6. The summed E-state index contributed by atoms with van der Waals surface area (Å²) in [5, 5.41) is 0. The molecule has 0 radical (unpaired) electrons. The van der Waals surface area contributed by atoms with Crippen molar-refractivity contribution in [3.05, 3.63) is 94.1 Å². The second-order valence-electron chi connectivity index (χ2n) is 7.97. The minimum atomic E-state index is -4.92. The van der Waals surface area contributed by atoms with Gasteiger partial charge in [-0.2, -0.15) is 17.6 Å². The summed E-state index contributed by atoms with van der Waals surface area (Å²) < 4.78 is 149. The van der Waals surface area contributed by atoms with Gasteiger partial charge < -0.3 is 9.47 Å². The van der Waals surface area contributed by atoms with Crippen molar-refractivity contribution >= 4 is 0 Å². The lowest BCUT2D eigenvalue weighted by Gasteiger charge is -2.22. The quantitative estimate of drug-likeness (QED) is 0.146. The summed E-state index contributed by atoms with van der Waals surface area (Å²) in [5.41, 5.74) is -2.93. The zero-order valence-corrected chi connectivity index (χ0v) is 19.0. The Bertz CT molecular complexity index is 1230. The van der Waals surface area contributed by atoms with E-state index >= 15 is 0 Å². The largest absolute Gasteiger partial charge is 0.432 e. The zero-order valence-electron chi connectivity index (χ0n) is 19.0. The first-order valence-corrected chi connectivity index (χ1v) is 10.8. The normalized spacial score (nSPS) is 12.1. The van der Waals surface area contributed by atoms with Crippen molar-refractivity contribution in [2.45, 2.75) is 44.8 Å². The van der Waals surface area contributed by atoms with Crippen LogP contribution in [0.5, 0.6) is 11.5 Å². The highest BCUT2D eigenvalue weighted by molar-refractivity contribution is 5.35. The molecular formula is C25H18F10O2. The number of hydrogen-bond donors (Lipinski definition) is 0. The number of hydrogen-bond acceptors (Lipinski definition) is 2. The van der Waals surface area contributed by atoms with Crippen LogP contribution >= 0.6 is 0 Å². The third-order valence-electron chi connectivity index (χ3n) is 5.17. The molecule has 0 aliphatic carbocycles. The predicted molar refractivity (Wildman–Crippen MR) is 111 cm³/mol. The van der Waals surface area contributed by atoms with Gasteiger partial charge in [-0.3, -0.25) is 0 Å². The van der Waals surface area contributed by atoms with Gasteiger partial charge in [0, 0.05) is 24.3 Å². The molecule has 0 saturated carbocycles. The van der Waals surface area contributed by atoms with Crippen LogP contribution in [0.3, 0.4) is 0 Å². The minimum Gasteiger partial charge on any atom is -0.429 e. The smallest absolute Gasteiger partial charge is 0.429 e. The van der Waals surface area contributed by atoms with E-state index in [4.69, 9.17) is 0 Å². The fraction of sp³-hybridized carbons (Fsp3) is 0.280. The van der Waals surface area contributed by atoms with Crippen LogP contribution in [0.4, 0.5) is 43.9 Å². The molecular weight excluding hydrogens is 522 g/mol.